The Balaban J connectivity index is 1.45. The summed E-state index contributed by atoms with van der Waals surface area (Å²) in [6.07, 6.45) is 0. The van der Waals surface area contributed by atoms with Crippen LogP contribution in [0.4, 0.5) is 16.4 Å². The van der Waals surface area contributed by atoms with Crippen molar-refractivity contribution in [2.75, 3.05) is 22.6 Å². The molecule has 0 aliphatic carbocycles. The number of hydrogen-bond acceptors (Lipinski definition) is 8. The van der Waals surface area contributed by atoms with Crippen LogP contribution in [-0.2, 0) is 9.53 Å². The normalized spacial score (nSPS) is 11.4. The fraction of sp³-hybridized carbons (Fsp3) is 0.108. The lowest BCUT2D eigenvalue weighted by molar-refractivity contribution is -0.115. The highest BCUT2D eigenvalue weighted by molar-refractivity contribution is 8.00. The summed E-state index contributed by atoms with van der Waals surface area (Å²) in [7, 11) is 0. The molecule has 0 aliphatic rings. The van der Waals surface area contributed by atoms with Crippen LogP contribution < -0.4 is 16.0 Å². The fourth-order valence-electron chi connectivity index (χ4n) is 5.08. The maximum atomic E-state index is 14.2. The van der Waals surface area contributed by atoms with Crippen LogP contribution in [0.5, 0.6) is 0 Å². The van der Waals surface area contributed by atoms with E-state index in [4.69, 9.17) is 51.1 Å². The minimum Gasteiger partial charge on any atom is -0.478 e. The third-order valence-electron chi connectivity index (χ3n) is 7.50. The Bertz CT molecular complexity index is 2240. The molecule has 5 rings (SSSR count). The van der Waals surface area contributed by atoms with E-state index in [2.05, 4.69) is 16.0 Å². The van der Waals surface area contributed by atoms with Gasteiger partial charge in [0.1, 0.15) is 10.3 Å². The molecule has 3 amide bonds. The predicted octanol–water partition coefficient (Wildman–Crippen LogP) is 10.5. The van der Waals surface area contributed by atoms with Crippen molar-refractivity contribution in [1.82, 2.24) is 0 Å². The topological polar surface area (TPSA) is 151 Å². The molecule has 0 saturated heterocycles. The Hall–Kier alpha value is -4.56. The third kappa shape index (κ3) is 8.98. The number of thioether (sulfide) groups is 1. The first kappa shape index (κ1) is 39.6. The predicted molar refractivity (Wildman–Crippen MR) is 211 cm³/mol. The van der Waals surface area contributed by atoms with E-state index in [-0.39, 0.29) is 37.8 Å². The molecule has 53 heavy (non-hydrogen) atoms. The number of rotatable bonds is 12. The maximum absolute atomic E-state index is 14.2. The Morgan fingerprint density at radius 3 is 1.94 bits per heavy atom. The molecule has 0 bridgehead atoms. The number of esters is 1. The van der Waals surface area contributed by atoms with E-state index in [1.807, 2.05) is 6.07 Å². The zero-order chi connectivity index (χ0) is 38.4. The highest BCUT2D eigenvalue weighted by Gasteiger charge is 2.31. The van der Waals surface area contributed by atoms with Crippen molar-refractivity contribution in [2.45, 2.75) is 24.0 Å². The number of carboxylic acid groups (broad SMARTS) is 1. The molecule has 0 saturated carbocycles. The molecule has 0 fully saturated rings. The number of thiophene rings is 1. The van der Waals surface area contributed by atoms with E-state index in [1.54, 1.807) is 92.7 Å². The number of ether oxygens (including phenoxy) is 1. The van der Waals surface area contributed by atoms with Crippen molar-refractivity contribution in [2.24, 2.45) is 0 Å². The molecule has 0 aliphatic heterocycles. The average Bonchev–Trinajstić information content (AvgIpc) is 3.47. The molecular formula is C37H27Cl4N3O7S2. The third-order valence-corrected chi connectivity index (χ3v) is 11.8. The van der Waals surface area contributed by atoms with Crippen LogP contribution >= 0.6 is 69.5 Å². The number of carboxylic acids is 1. The first-order valence-corrected chi connectivity index (χ1v) is 18.7. The number of benzene rings is 4. The molecule has 4 aromatic carbocycles. The van der Waals surface area contributed by atoms with Crippen LogP contribution in [0, 0.1) is 6.92 Å². The monoisotopic (exact) mass is 829 g/mol. The second kappa shape index (κ2) is 17.5. The van der Waals surface area contributed by atoms with Gasteiger partial charge in [0.05, 0.1) is 48.3 Å². The van der Waals surface area contributed by atoms with Crippen LogP contribution in [0.3, 0.4) is 0 Å². The van der Waals surface area contributed by atoms with Gasteiger partial charge in [0.2, 0.25) is 5.91 Å². The molecule has 1 unspecified atom stereocenters. The van der Waals surface area contributed by atoms with Gasteiger partial charge in [0.25, 0.3) is 11.8 Å². The van der Waals surface area contributed by atoms with Gasteiger partial charge in [-0.25, -0.2) is 9.59 Å². The molecule has 0 radical (unpaired) electrons. The molecule has 16 heteroatoms. The van der Waals surface area contributed by atoms with E-state index in [9.17, 15) is 29.1 Å². The van der Waals surface area contributed by atoms with E-state index >= 15 is 0 Å². The van der Waals surface area contributed by atoms with E-state index < -0.39 is 56.1 Å². The summed E-state index contributed by atoms with van der Waals surface area (Å²) in [4.78, 5) is 66.8. The average molecular weight is 832 g/mol. The number of amides is 3. The number of hydrogen-bond donors (Lipinski definition) is 4. The minimum absolute atomic E-state index is 0.0618. The van der Waals surface area contributed by atoms with Gasteiger partial charge in [0.15, 0.2) is 0 Å². The zero-order valence-electron chi connectivity index (χ0n) is 27.6. The van der Waals surface area contributed by atoms with Crippen LogP contribution in [0.25, 0.3) is 0 Å². The Morgan fingerprint density at radius 2 is 1.32 bits per heavy atom. The van der Waals surface area contributed by atoms with Crippen LogP contribution in [0.15, 0.2) is 89.8 Å². The molecule has 1 atom stereocenters. The second-order valence-corrected chi connectivity index (χ2v) is 14.7. The Morgan fingerprint density at radius 1 is 0.736 bits per heavy atom. The summed E-state index contributed by atoms with van der Waals surface area (Å²) in [5.41, 5.74) is 0.694. The number of aromatic carboxylic acids is 1. The molecule has 10 nitrogen and oxygen atoms in total. The van der Waals surface area contributed by atoms with Crippen LogP contribution in [0.2, 0.25) is 20.1 Å². The van der Waals surface area contributed by atoms with Gasteiger partial charge in [-0.15, -0.1) is 23.1 Å². The smallest absolute Gasteiger partial charge is 0.341 e. The molecule has 1 aromatic heterocycles. The van der Waals surface area contributed by atoms with E-state index in [1.165, 1.54) is 0 Å². The molecule has 1 heterocycles. The lowest BCUT2D eigenvalue weighted by atomic mass is 10.1. The first-order valence-electron chi connectivity index (χ1n) is 15.5. The van der Waals surface area contributed by atoms with Crippen molar-refractivity contribution in [3.63, 3.8) is 0 Å². The highest BCUT2D eigenvalue weighted by atomic mass is 35.5. The summed E-state index contributed by atoms with van der Waals surface area (Å²) in [5, 5.41) is 15.9. The van der Waals surface area contributed by atoms with Crippen molar-refractivity contribution >= 4 is 116 Å². The summed E-state index contributed by atoms with van der Waals surface area (Å²) in [5.74, 6) is -4.13. The second-order valence-electron chi connectivity index (χ2n) is 11.0. The van der Waals surface area contributed by atoms with Crippen molar-refractivity contribution in [3.05, 3.63) is 138 Å². The van der Waals surface area contributed by atoms with Gasteiger partial charge in [-0.05, 0) is 55.3 Å². The highest BCUT2D eigenvalue weighted by Crippen LogP contribution is 2.43. The first-order chi connectivity index (χ1) is 25.3. The van der Waals surface area contributed by atoms with Gasteiger partial charge in [-0.3, -0.25) is 14.4 Å². The standard InChI is InChI=1S/C37H27Cl4N3O7S2/c1-3-51-37(50)23-18(2)30(33(46)42-20-13-8-5-9-14-20)53-35(23)44-34(47)31(19-11-6-4-7-12-19)52-22-16-10-15-21(17-22)43-32(45)24-25(36(48)49)27(39)29(41)28(40)26(24)38/h4-17,31H,3H2,1-2H3,(H,42,46)(H,43,45)(H,44,47)(H,48,49). The largest absolute Gasteiger partial charge is 0.478 e. The van der Waals surface area contributed by atoms with Crippen molar-refractivity contribution < 1.29 is 33.8 Å². The van der Waals surface area contributed by atoms with E-state index in [0.717, 1.165) is 23.1 Å². The number of nitrogens with one attached hydrogen (secondary N) is 3. The van der Waals surface area contributed by atoms with Gasteiger partial charge in [0, 0.05) is 16.3 Å². The number of halogens is 4. The number of anilines is 3. The fourth-order valence-corrected chi connectivity index (χ4v) is 8.27. The molecule has 5 aromatic rings. The summed E-state index contributed by atoms with van der Waals surface area (Å²) >= 11 is 26.6. The van der Waals surface area contributed by atoms with Crippen LogP contribution in [-0.4, -0.2) is 41.4 Å². The zero-order valence-corrected chi connectivity index (χ0v) is 32.2. The Labute approximate surface area is 331 Å². The van der Waals surface area contributed by atoms with Crippen molar-refractivity contribution in [1.29, 1.82) is 0 Å². The summed E-state index contributed by atoms with van der Waals surface area (Å²) < 4.78 is 5.29. The Kier molecular flexibility index (Phi) is 13.1. The van der Waals surface area contributed by atoms with Crippen LogP contribution in [0.1, 0.15) is 64.0 Å². The molecular weight excluding hydrogens is 804 g/mol. The minimum atomic E-state index is -1.54. The van der Waals surface area contributed by atoms with Gasteiger partial charge in [-0.2, -0.15) is 0 Å². The van der Waals surface area contributed by atoms with Gasteiger partial charge >= 0.3 is 11.9 Å². The van der Waals surface area contributed by atoms with Gasteiger partial charge < -0.3 is 25.8 Å². The van der Waals surface area contributed by atoms with Crippen molar-refractivity contribution in [3.8, 4) is 0 Å². The molecule has 4 N–H and O–H groups in total. The maximum Gasteiger partial charge on any atom is 0.341 e. The number of para-hydroxylation sites is 1. The lowest BCUT2D eigenvalue weighted by Crippen LogP contribution is -2.20. The summed E-state index contributed by atoms with van der Waals surface area (Å²) in [6, 6.07) is 24.1. The molecule has 0 spiro atoms. The quantitative estimate of drug-likeness (QED) is 0.0420. The lowest BCUT2D eigenvalue weighted by Gasteiger charge is -2.18. The molecule has 272 valence electrons. The van der Waals surface area contributed by atoms with Gasteiger partial charge in [-0.1, -0.05) is 101 Å². The number of carbonyl (C=O) groups excluding carboxylic acids is 4. The number of carbonyl (C=O) groups is 5. The van der Waals surface area contributed by atoms with E-state index in [0.29, 0.717) is 21.7 Å². The summed E-state index contributed by atoms with van der Waals surface area (Å²) in [6.45, 7) is 3.34. The SMILES string of the molecule is CCOC(=O)c1c(NC(=O)C(Sc2cccc(NC(=O)c3c(Cl)c(Cl)c(Cl)c(Cl)c3C(=O)O)c2)c2ccccc2)sc(C(=O)Nc2ccccc2)c1C.